The Morgan fingerprint density at radius 1 is 1.13 bits per heavy atom. The van der Waals surface area contributed by atoms with Gasteiger partial charge < -0.3 is 14.6 Å². The lowest BCUT2D eigenvalue weighted by atomic mass is 9.42. The highest BCUT2D eigenvalue weighted by atomic mass is 16.5. The Labute approximate surface area is 179 Å². The van der Waals surface area contributed by atoms with Crippen molar-refractivity contribution >= 4 is 11.8 Å². The van der Waals surface area contributed by atoms with Gasteiger partial charge >= 0.3 is 5.97 Å². The summed E-state index contributed by atoms with van der Waals surface area (Å²) in [7, 11) is 1.31. The largest absolute Gasteiger partial charge is 0.491 e. The van der Waals surface area contributed by atoms with Crippen molar-refractivity contribution in [3.63, 3.8) is 0 Å². The summed E-state index contributed by atoms with van der Waals surface area (Å²) in [5, 5.41) is 10.7. The molecular weight excluding hydrogens is 380 g/mol. The number of methoxy groups -OCH3 is 1. The molecular formula is C25H36O5. The minimum Gasteiger partial charge on any atom is -0.491 e. The second kappa shape index (κ2) is 6.44. The molecule has 3 fully saturated rings. The Bertz CT molecular complexity index is 867. The number of fused-ring (bicyclic) bond motifs is 4. The first kappa shape index (κ1) is 21.6. The van der Waals surface area contributed by atoms with Gasteiger partial charge in [0, 0.05) is 17.4 Å². The van der Waals surface area contributed by atoms with Crippen LogP contribution in [0.3, 0.4) is 0 Å². The van der Waals surface area contributed by atoms with Gasteiger partial charge in [-0.25, -0.2) is 4.79 Å². The number of hydrogen-bond donors (Lipinski definition) is 1. The lowest BCUT2D eigenvalue weighted by molar-refractivity contribution is -0.228. The number of carbonyl (C=O) groups excluding carboxylic acids is 2. The minimum atomic E-state index is -0.572. The van der Waals surface area contributed by atoms with E-state index in [1.807, 2.05) is 6.92 Å². The molecule has 5 nitrogen and oxygen atoms in total. The van der Waals surface area contributed by atoms with Crippen LogP contribution in [0.2, 0.25) is 0 Å². The summed E-state index contributed by atoms with van der Waals surface area (Å²) in [5.74, 6) is 0.458. The highest BCUT2D eigenvalue weighted by Gasteiger charge is 2.65. The van der Waals surface area contributed by atoms with E-state index in [0.29, 0.717) is 11.7 Å². The molecule has 0 aromatic carbocycles. The van der Waals surface area contributed by atoms with Gasteiger partial charge in [0.25, 0.3) is 0 Å². The van der Waals surface area contributed by atoms with E-state index in [1.54, 1.807) is 0 Å². The number of carbonyl (C=O) groups is 2. The molecule has 2 saturated carbocycles. The maximum atomic E-state index is 12.7. The van der Waals surface area contributed by atoms with Gasteiger partial charge in [0.2, 0.25) is 0 Å². The van der Waals surface area contributed by atoms with Crippen LogP contribution in [0.5, 0.6) is 0 Å². The molecule has 0 aromatic rings. The molecule has 166 valence electrons. The molecule has 1 saturated heterocycles. The molecule has 6 atom stereocenters. The molecule has 5 heteroatoms. The maximum Gasteiger partial charge on any atom is 0.341 e. The summed E-state index contributed by atoms with van der Waals surface area (Å²) in [6, 6.07) is 0. The quantitative estimate of drug-likeness (QED) is 0.508. The number of ether oxygens (including phenoxy) is 2. The molecule has 0 bridgehead atoms. The molecule has 0 radical (unpaired) electrons. The third-order valence-corrected chi connectivity index (χ3v) is 9.57. The summed E-state index contributed by atoms with van der Waals surface area (Å²) in [6.07, 6.45) is 5.74. The van der Waals surface area contributed by atoms with E-state index in [0.717, 1.165) is 37.7 Å². The summed E-state index contributed by atoms with van der Waals surface area (Å²) in [5.41, 5.74) is -0.0779. The maximum absolute atomic E-state index is 12.7. The normalized spacial score (nSPS) is 44.9. The topological polar surface area (TPSA) is 72.8 Å². The number of ketones is 1. The van der Waals surface area contributed by atoms with Gasteiger partial charge in [-0.1, -0.05) is 20.8 Å². The number of aliphatic hydroxyl groups is 1. The van der Waals surface area contributed by atoms with Crippen LogP contribution in [0.1, 0.15) is 73.6 Å². The van der Waals surface area contributed by atoms with Crippen molar-refractivity contribution in [1.29, 1.82) is 0 Å². The number of rotatable bonds is 1. The second-order valence-electron chi connectivity index (χ2n) is 11.3. The average Bonchev–Trinajstić information content (AvgIpc) is 2.66. The van der Waals surface area contributed by atoms with Gasteiger partial charge in [-0.2, -0.15) is 0 Å². The summed E-state index contributed by atoms with van der Waals surface area (Å²) in [4.78, 5) is 25.1. The van der Waals surface area contributed by atoms with Crippen LogP contribution in [0.25, 0.3) is 0 Å². The van der Waals surface area contributed by atoms with Crippen LogP contribution in [0, 0.1) is 28.1 Å². The summed E-state index contributed by atoms with van der Waals surface area (Å²) in [6.45, 7) is 13.0. The van der Waals surface area contributed by atoms with E-state index < -0.39 is 11.4 Å². The number of esters is 1. The van der Waals surface area contributed by atoms with Crippen LogP contribution in [-0.2, 0) is 19.1 Å². The van der Waals surface area contributed by atoms with Crippen molar-refractivity contribution in [2.24, 2.45) is 28.1 Å². The molecule has 0 amide bonds. The lowest BCUT2D eigenvalue weighted by Gasteiger charge is -2.66. The second-order valence-corrected chi connectivity index (χ2v) is 11.3. The fraction of sp³-hybridized carbons (Fsp3) is 0.760. The van der Waals surface area contributed by atoms with E-state index in [9.17, 15) is 14.7 Å². The molecule has 0 spiro atoms. The van der Waals surface area contributed by atoms with Crippen molar-refractivity contribution in [3.8, 4) is 0 Å². The van der Waals surface area contributed by atoms with Crippen LogP contribution in [-0.4, -0.2) is 35.7 Å². The standard InChI is InChI=1S/C25H36O5/c1-14-20(21(28)29-7)15(26)12-19-24(14,5)13-17-23(4)10-9-18(27)22(2,3)16(23)8-11-25(17,6)30-19/h12,16-18,27H,8-11,13H2,1-7H3/t16-,17+,18-,23-,24-,25+/m1/s1. The Hall–Kier alpha value is -1.62. The highest BCUT2D eigenvalue weighted by Crippen LogP contribution is 2.68. The SMILES string of the molecule is COC(=O)C1=C(C)[C@@]2(C)C[C@H]3[C@]4(C)CC[C@@H](O)C(C)(C)[C@H]4CC[C@]3(C)OC2=CC1=O. The molecule has 4 rings (SSSR count). The van der Waals surface area contributed by atoms with Crippen molar-refractivity contribution in [1.82, 2.24) is 0 Å². The van der Waals surface area contributed by atoms with Crippen LogP contribution in [0.4, 0.5) is 0 Å². The first-order valence-corrected chi connectivity index (χ1v) is 11.2. The van der Waals surface area contributed by atoms with E-state index in [4.69, 9.17) is 9.47 Å². The molecule has 1 heterocycles. The van der Waals surface area contributed by atoms with Crippen molar-refractivity contribution in [2.75, 3.05) is 7.11 Å². The molecule has 1 N–H and O–H groups in total. The monoisotopic (exact) mass is 416 g/mol. The summed E-state index contributed by atoms with van der Waals surface area (Å²) >= 11 is 0. The van der Waals surface area contributed by atoms with E-state index >= 15 is 0 Å². The Morgan fingerprint density at radius 2 is 1.80 bits per heavy atom. The number of aliphatic hydroxyl groups excluding tert-OH is 1. The zero-order valence-corrected chi connectivity index (χ0v) is 19.4. The Morgan fingerprint density at radius 3 is 2.43 bits per heavy atom. The van der Waals surface area contributed by atoms with Crippen LogP contribution >= 0.6 is 0 Å². The number of allylic oxidation sites excluding steroid dienone is 2. The van der Waals surface area contributed by atoms with E-state index in [1.165, 1.54) is 13.2 Å². The average molecular weight is 417 g/mol. The van der Waals surface area contributed by atoms with Gasteiger partial charge in [-0.3, -0.25) is 4.79 Å². The van der Waals surface area contributed by atoms with E-state index in [-0.39, 0.29) is 39.8 Å². The predicted octanol–water partition coefficient (Wildman–Crippen LogP) is 4.34. The van der Waals surface area contributed by atoms with Crippen molar-refractivity contribution < 1.29 is 24.2 Å². The molecule has 1 aliphatic heterocycles. The van der Waals surface area contributed by atoms with Gasteiger partial charge in [0.05, 0.1) is 13.2 Å². The van der Waals surface area contributed by atoms with Gasteiger partial charge in [0.1, 0.15) is 16.9 Å². The van der Waals surface area contributed by atoms with Crippen LogP contribution in [0.15, 0.2) is 23.0 Å². The Kier molecular flexibility index (Phi) is 4.64. The van der Waals surface area contributed by atoms with Crippen molar-refractivity contribution in [2.45, 2.75) is 85.4 Å². The van der Waals surface area contributed by atoms with Crippen molar-refractivity contribution in [3.05, 3.63) is 23.0 Å². The lowest BCUT2D eigenvalue weighted by Crippen LogP contribution is -2.64. The zero-order chi connectivity index (χ0) is 22.3. The fourth-order valence-corrected chi connectivity index (χ4v) is 7.48. The third kappa shape index (κ3) is 2.63. The first-order valence-electron chi connectivity index (χ1n) is 11.2. The van der Waals surface area contributed by atoms with Gasteiger partial charge in [-0.15, -0.1) is 0 Å². The minimum absolute atomic E-state index is 0.0252. The van der Waals surface area contributed by atoms with Gasteiger partial charge in [0.15, 0.2) is 5.78 Å². The molecule has 0 aromatic heterocycles. The third-order valence-electron chi connectivity index (χ3n) is 9.57. The first-order chi connectivity index (χ1) is 13.8. The zero-order valence-electron chi connectivity index (χ0n) is 19.4. The highest BCUT2D eigenvalue weighted by molar-refractivity contribution is 6.23. The fourth-order valence-electron chi connectivity index (χ4n) is 7.48. The predicted molar refractivity (Wildman–Crippen MR) is 113 cm³/mol. The molecule has 30 heavy (non-hydrogen) atoms. The molecule has 3 aliphatic carbocycles. The molecule has 0 unspecified atom stereocenters. The molecule has 4 aliphatic rings. The Balaban J connectivity index is 1.80. The van der Waals surface area contributed by atoms with Crippen LogP contribution < -0.4 is 0 Å². The van der Waals surface area contributed by atoms with Gasteiger partial charge in [-0.05, 0) is 75.2 Å². The summed E-state index contributed by atoms with van der Waals surface area (Å²) < 4.78 is 11.6. The smallest absolute Gasteiger partial charge is 0.341 e. The number of hydrogen-bond acceptors (Lipinski definition) is 5. The van der Waals surface area contributed by atoms with E-state index in [2.05, 4.69) is 34.6 Å².